The number of amides is 1. The van der Waals surface area contributed by atoms with Crippen LogP contribution in [0.4, 0.5) is 0 Å². The van der Waals surface area contributed by atoms with E-state index >= 15 is 0 Å². The van der Waals surface area contributed by atoms with Gasteiger partial charge in [0.25, 0.3) is 5.91 Å². The van der Waals surface area contributed by atoms with Gasteiger partial charge in [-0.1, -0.05) is 0 Å². The summed E-state index contributed by atoms with van der Waals surface area (Å²) in [6.07, 6.45) is 2.50. The molecule has 1 atom stereocenters. The van der Waals surface area contributed by atoms with Crippen molar-refractivity contribution in [2.75, 3.05) is 13.2 Å². The number of hydrogen-bond donors (Lipinski definition) is 0. The van der Waals surface area contributed by atoms with Crippen LogP contribution < -0.4 is 0 Å². The molecule has 19 heavy (non-hydrogen) atoms. The van der Waals surface area contributed by atoms with Crippen LogP contribution in [0.1, 0.15) is 42.5 Å². The van der Waals surface area contributed by atoms with Gasteiger partial charge < -0.3 is 14.1 Å². The molecule has 1 aromatic rings. The molecule has 0 aliphatic carbocycles. The van der Waals surface area contributed by atoms with E-state index in [1.165, 1.54) is 0 Å². The second kappa shape index (κ2) is 5.91. The summed E-state index contributed by atoms with van der Waals surface area (Å²) in [7, 11) is 0. The molecule has 5 nitrogen and oxygen atoms in total. The number of esters is 1. The third kappa shape index (κ3) is 2.97. The van der Waals surface area contributed by atoms with Gasteiger partial charge in [0.05, 0.1) is 6.61 Å². The standard InChI is InChI=1S/C14H19NO4/c1-3-18-14(17)11-6-4-5-9-15(11)13(16)12-8-7-10(2)19-12/h7-8,11H,3-6,9H2,1-2H3. The molecular formula is C14H19NO4. The zero-order chi connectivity index (χ0) is 13.8. The Morgan fingerprint density at radius 3 is 2.84 bits per heavy atom. The van der Waals surface area contributed by atoms with Gasteiger partial charge in [-0.3, -0.25) is 4.79 Å². The Kier molecular flexibility index (Phi) is 4.24. The van der Waals surface area contributed by atoms with Crippen molar-refractivity contribution in [3.63, 3.8) is 0 Å². The first kappa shape index (κ1) is 13.6. The number of carbonyl (C=O) groups is 2. The molecule has 2 heterocycles. The molecule has 1 fully saturated rings. The Labute approximate surface area is 112 Å². The summed E-state index contributed by atoms with van der Waals surface area (Å²) in [4.78, 5) is 25.8. The van der Waals surface area contributed by atoms with Gasteiger partial charge in [0.1, 0.15) is 11.8 Å². The molecule has 0 bridgehead atoms. The average molecular weight is 265 g/mol. The van der Waals surface area contributed by atoms with Crippen molar-refractivity contribution >= 4 is 11.9 Å². The number of piperidine rings is 1. The molecule has 1 aliphatic rings. The lowest BCUT2D eigenvalue weighted by Gasteiger charge is -2.33. The molecular weight excluding hydrogens is 246 g/mol. The Balaban J connectivity index is 2.15. The minimum atomic E-state index is -0.480. The number of aryl methyl sites for hydroxylation is 1. The summed E-state index contributed by atoms with van der Waals surface area (Å²) in [5.41, 5.74) is 0. The number of rotatable bonds is 3. The average Bonchev–Trinajstić information content (AvgIpc) is 2.85. The van der Waals surface area contributed by atoms with Crippen LogP contribution >= 0.6 is 0 Å². The smallest absolute Gasteiger partial charge is 0.328 e. The van der Waals surface area contributed by atoms with E-state index in [1.54, 1.807) is 30.9 Å². The van der Waals surface area contributed by atoms with E-state index in [-0.39, 0.29) is 17.6 Å². The fourth-order valence-corrected chi connectivity index (χ4v) is 2.35. The summed E-state index contributed by atoms with van der Waals surface area (Å²) < 4.78 is 10.4. The first-order valence-corrected chi connectivity index (χ1v) is 6.67. The molecule has 0 spiro atoms. The van der Waals surface area contributed by atoms with Gasteiger partial charge in [0.2, 0.25) is 0 Å². The van der Waals surface area contributed by atoms with E-state index in [1.807, 2.05) is 0 Å². The van der Waals surface area contributed by atoms with Gasteiger partial charge in [0.15, 0.2) is 5.76 Å². The van der Waals surface area contributed by atoms with E-state index in [0.717, 1.165) is 12.8 Å². The molecule has 1 saturated heterocycles. The molecule has 1 aliphatic heterocycles. The first-order valence-electron chi connectivity index (χ1n) is 6.67. The molecule has 5 heteroatoms. The lowest BCUT2D eigenvalue weighted by molar-refractivity contribution is -0.149. The molecule has 1 unspecified atom stereocenters. The maximum absolute atomic E-state index is 12.4. The summed E-state index contributed by atoms with van der Waals surface area (Å²) >= 11 is 0. The Bertz CT molecular complexity index is 466. The zero-order valence-electron chi connectivity index (χ0n) is 11.3. The molecule has 1 amide bonds. The second-order valence-electron chi connectivity index (χ2n) is 4.67. The van der Waals surface area contributed by atoms with Gasteiger partial charge in [0, 0.05) is 6.54 Å². The van der Waals surface area contributed by atoms with Crippen molar-refractivity contribution in [3.8, 4) is 0 Å². The highest BCUT2D eigenvalue weighted by Gasteiger charge is 2.34. The topological polar surface area (TPSA) is 59.8 Å². The predicted molar refractivity (Wildman–Crippen MR) is 68.8 cm³/mol. The van der Waals surface area contributed by atoms with Crippen LogP contribution in [-0.2, 0) is 9.53 Å². The van der Waals surface area contributed by atoms with Crippen molar-refractivity contribution in [2.45, 2.75) is 39.2 Å². The maximum Gasteiger partial charge on any atom is 0.328 e. The normalized spacial score (nSPS) is 19.3. The highest BCUT2D eigenvalue weighted by molar-refractivity contribution is 5.94. The molecule has 2 rings (SSSR count). The molecule has 104 valence electrons. The molecule has 1 aromatic heterocycles. The Morgan fingerprint density at radius 1 is 1.42 bits per heavy atom. The highest BCUT2D eigenvalue weighted by Crippen LogP contribution is 2.21. The van der Waals surface area contributed by atoms with Crippen LogP contribution in [0, 0.1) is 6.92 Å². The number of hydrogen-bond acceptors (Lipinski definition) is 4. The fraction of sp³-hybridized carbons (Fsp3) is 0.571. The third-order valence-corrected chi connectivity index (χ3v) is 3.27. The van der Waals surface area contributed by atoms with Gasteiger partial charge in [-0.2, -0.15) is 0 Å². The van der Waals surface area contributed by atoms with Crippen LogP contribution in [0.3, 0.4) is 0 Å². The van der Waals surface area contributed by atoms with Crippen LogP contribution in [0.15, 0.2) is 16.5 Å². The lowest BCUT2D eigenvalue weighted by atomic mass is 10.0. The van der Waals surface area contributed by atoms with E-state index in [0.29, 0.717) is 25.3 Å². The second-order valence-corrected chi connectivity index (χ2v) is 4.67. The first-order chi connectivity index (χ1) is 9.13. The maximum atomic E-state index is 12.4. The monoisotopic (exact) mass is 265 g/mol. The summed E-state index contributed by atoms with van der Waals surface area (Å²) in [6.45, 7) is 4.46. The number of furan rings is 1. The third-order valence-electron chi connectivity index (χ3n) is 3.27. The van der Waals surface area contributed by atoms with Gasteiger partial charge in [-0.25, -0.2) is 4.79 Å². The number of nitrogens with zero attached hydrogens (tertiary/aromatic N) is 1. The summed E-state index contributed by atoms with van der Waals surface area (Å²) in [5.74, 6) is 0.423. The van der Waals surface area contributed by atoms with Crippen molar-refractivity contribution in [1.82, 2.24) is 4.90 Å². The summed E-state index contributed by atoms with van der Waals surface area (Å²) in [6, 6.07) is 2.91. The predicted octanol–water partition coefficient (Wildman–Crippen LogP) is 2.15. The van der Waals surface area contributed by atoms with Crippen LogP contribution in [-0.4, -0.2) is 36.0 Å². The Hall–Kier alpha value is -1.78. The van der Waals surface area contributed by atoms with Gasteiger partial charge >= 0.3 is 5.97 Å². The number of ether oxygens (including phenoxy) is 1. The minimum absolute atomic E-state index is 0.231. The van der Waals surface area contributed by atoms with Gasteiger partial charge in [-0.15, -0.1) is 0 Å². The van der Waals surface area contributed by atoms with Gasteiger partial charge in [-0.05, 0) is 45.2 Å². The molecule has 0 aromatic carbocycles. The fourth-order valence-electron chi connectivity index (χ4n) is 2.35. The van der Waals surface area contributed by atoms with Crippen LogP contribution in [0.2, 0.25) is 0 Å². The van der Waals surface area contributed by atoms with Crippen LogP contribution in [0.5, 0.6) is 0 Å². The van der Waals surface area contributed by atoms with E-state index in [9.17, 15) is 9.59 Å². The van der Waals surface area contributed by atoms with E-state index in [4.69, 9.17) is 9.15 Å². The van der Waals surface area contributed by atoms with Crippen molar-refractivity contribution in [3.05, 3.63) is 23.7 Å². The highest BCUT2D eigenvalue weighted by atomic mass is 16.5. The molecule has 0 saturated carbocycles. The number of carbonyl (C=O) groups excluding carboxylic acids is 2. The quantitative estimate of drug-likeness (QED) is 0.786. The van der Waals surface area contributed by atoms with Crippen LogP contribution in [0.25, 0.3) is 0 Å². The molecule has 0 N–H and O–H groups in total. The van der Waals surface area contributed by atoms with Crippen molar-refractivity contribution in [2.24, 2.45) is 0 Å². The molecule has 0 radical (unpaired) electrons. The van der Waals surface area contributed by atoms with E-state index in [2.05, 4.69) is 0 Å². The number of likely N-dealkylation sites (tertiary alicyclic amines) is 1. The largest absolute Gasteiger partial charge is 0.464 e. The Morgan fingerprint density at radius 2 is 2.21 bits per heavy atom. The van der Waals surface area contributed by atoms with Crippen molar-refractivity contribution in [1.29, 1.82) is 0 Å². The SMILES string of the molecule is CCOC(=O)C1CCCCN1C(=O)c1ccc(C)o1. The lowest BCUT2D eigenvalue weighted by Crippen LogP contribution is -2.48. The minimum Gasteiger partial charge on any atom is -0.464 e. The van der Waals surface area contributed by atoms with Crippen molar-refractivity contribution < 1.29 is 18.7 Å². The van der Waals surface area contributed by atoms with E-state index < -0.39 is 6.04 Å². The summed E-state index contributed by atoms with van der Waals surface area (Å²) in [5, 5.41) is 0. The zero-order valence-corrected chi connectivity index (χ0v) is 11.3.